The largest absolute Gasteiger partial charge is 0.370 e. The van der Waals surface area contributed by atoms with E-state index in [0.29, 0.717) is 22.4 Å². The van der Waals surface area contributed by atoms with Crippen molar-refractivity contribution in [3.63, 3.8) is 0 Å². The van der Waals surface area contributed by atoms with E-state index in [9.17, 15) is 4.79 Å². The van der Waals surface area contributed by atoms with Gasteiger partial charge in [-0.2, -0.15) is 0 Å². The lowest BCUT2D eigenvalue weighted by molar-refractivity contribution is 0.0571. The number of aromatic nitrogens is 1. The highest BCUT2D eigenvalue weighted by Gasteiger charge is 2.33. The van der Waals surface area contributed by atoms with Crippen LogP contribution in [-0.4, -0.2) is 59.5 Å². The summed E-state index contributed by atoms with van der Waals surface area (Å²) in [6, 6.07) is 2.28. The van der Waals surface area contributed by atoms with E-state index < -0.39 is 0 Å². The molecular formula is C15H21ClN4O. The van der Waals surface area contributed by atoms with E-state index in [1.807, 2.05) is 11.8 Å². The zero-order valence-corrected chi connectivity index (χ0v) is 13.1. The van der Waals surface area contributed by atoms with Crippen LogP contribution in [0.4, 0.5) is 5.82 Å². The average molecular weight is 309 g/mol. The molecule has 1 aromatic heterocycles. The predicted octanol–water partition coefficient (Wildman–Crippen LogP) is 2.09. The molecule has 0 saturated carbocycles. The fourth-order valence-corrected chi connectivity index (χ4v) is 3.41. The summed E-state index contributed by atoms with van der Waals surface area (Å²) in [4.78, 5) is 21.3. The van der Waals surface area contributed by atoms with Gasteiger partial charge in [-0.05, 0) is 32.4 Å². The molecule has 0 aliphatic carbocycles. The van der Waals surface area contributed by atoms with Gasteiger partial charge in [0.2, 0.25) is 0 Å². The van der Waals surface area contributed by atoms with Crippen molar-refractivity contribution in [3.8, 4) is 0 Å². The van der Waals surface area contributed by atoms with Crippen LogP contribution < -0.4 is 5.32 Å². The predicted molar refractivity (Wildman–Crippen MR) is 83.9 cm³/mol. The van der Waals surface area contributed by atoms with E-state index in [4.69, 9.17) is 11.6 Å². The molecule has 21 heavy (non-hydrogen) atoms. The van der Waals surface area contributed by atoms with E-state index in [-0.39, 0.29) is 5.91 Å². The molecule has 0 bridgehead atoms. The Labute approximate surface area is 130 Å². The third-order valence-corrected chi connectivity index (χ3v) is 4.62. The molecule has 2 fully saturated rings. The van der Waals surface area contributed by atoms with Crippen molar-refractivity contribution >= 4 is 23.3 Å². The molecule has 1 amide bonds. The number of carbonyl (C=O) groups is 1. The van der Waals surface area contributed by atoms with E-state index in [0.717, 1.165) is 26.2 Å². The van der Waals surface area contributed by atoms with Gasteiger partial charge in [0, 0.05) is 38.4 Å². The number of carbonyl (C=O) groups excluding carboxylic acids is 1. The van der Waals surface area contributed by atoms with Crippen LogP contribution in [0.25, 0.3) is 0 Å². The molecule has 1 atom stereocenters. The number of anilines is 1. The van der Waals surface area contributed by atoms with Crippen molar-refractivity contribution in [3.05, 3.63) is 22.8 Å². The van der Waals surface area contributed by atoms with E-state index in [1.54, 1.807) is 12.3 Å². The molecule has 2 aliphatic heterocycles. The summed E-state index contributed by atoms with van der Waals surface area (Å²) in [6.07, 6.45) is 3.99. The van der Waals surface area contributed by atoms with Crippen molar-refractivity contribution < 1.29 is 4.79 Å². The molecule has 0 aromatic carbocycles. The van der Waals surface area contributed by atoms with Crippen LogP contribution in [0.1, 0.15) is 30.1 Å². The summed E-state index contributed by atoms with van der Waals surface area (Å²) in [5, 5.41) is 3.55. The molecule has 1 aromatic rings. The van der Waals surface area contributed by atoms with Crippen LogP contribution in [0.2, 0.25) is 5.02 Å². The molecule has 5 nitrogen and oxygen atoms in total. The quantitative estimate of drug-likeness (QED) is 0.929. The molecule has 2 aliphatic rings. The van der Waals surface area contributed by atoms with Gasteiger partial charge in [0.15, 0.2) is 0 Å². The van der Waals surface area contributed by atoms with Crippen LogP contribution in [0.5, 0.6) is 0 Å². The van der Waals surface area contributed by atoms with Crippen LogP contribution in [0.15, 0.2) is 12.3 Å². The summed E-state index contributed by atoms with van der Waals surface area (Å²) in [5.74, 6) is 0.720. The Kier molecular flexibility index (Phi) is 4.31. The second-order valence-electron chi connectivity index (χ2n) is 5.66. The number of hydrogen-bond acceptors (Lipinski definition) is 4. The number of hydrogen-bond donors (Lipinski definition) is 1. The second kappa shape index (κ2) is 6.20. The first-order valence-corrected chi connectivity index (χ1v) is 7.99. The zero-order chi connectivity index (χ0) is 14.8. The Hall–Kier alpha value is -1.33. The minimum atomic E-state index is 0.0214. The number of halogens is 1. The van der Waals surface area contributed by atoms with Gasteiger partial charge in [0.25, 0.3) is 5.91 Å². The minimum Gasteiger partial charge on any atom is -0.370 e. The van der Waals surface area contributed by atoms with Crippen LogP contribution in [-0.2, 0) is 0 Å². The van der Waals surface area contributed by atoms with E-state index in [2.05, 4.69) is 15.2 Å². The lowest BCUT2D eigenvalue weighted by Gasteiger charge is -2.37. The fourth-order valence-electron chi connectivity index (χ4n) is 3.23. The van der Waals surface area contributed by atoms with Crippen molar-refractivity contribution in [2.45, 2.75) is 25.8 Å². The van der Waals surface area contributed by atoms with Crippen LogP contribution in [0, 0.1) is 0 Å². The summed E-state index contributed by atoms with van der Waals surface area (Å²) in [5.41, 5.74) is 0.550. The van der Waals surface area contributed by atoms with Gasteiger partial charge in [-0.25, -0.2) is 4.98 Å². The SMILES string of the molecule is CCNc1cc(C(=O)N2CCN3CCCC3C2)c(Cl)cn1. The highest BCUT2D eigenvalue weighted by atomic mass is 35.5. The lowest BCUT2D eigenvalue weighted by Crippen LogP contribution is -2.52. The lowest BCUT2D eigenvalue weighted by atomic mass is 10.1. The van der Waals surface area contributed by atoms with Gasteiger partial charge in [0.1, 0.15) is 5.82 Å². The van der Waals surface area contributed by atoms with Gasteiger partial charge in [-0.3, -0.25) is 9.69 Å². The molecule has 3 heterocycles. The first-order valence-electron chi connectivity index (χ1n) is 7.61. The number of amides is 1. The van der Waals surface area contributed by atoms with Gasteiger partial charge >= 0.3 is 0 Å². The van der Waals surface area contributed by atoms with Gasteiger partial charge in [-0.1, -0.05) is 11.6 Å². The Morgan fingerprint density at radius 3 is 3.14 bits per heavy atom. The maximum atomic E-state index is 12.7. The Morgan fingerprint density at radius 1 is 1.48 bits per heavy atom. The Bertz CT molecular complexity index is 536. The van der Waals surface area contributed by atoms with Crippen molar-refractivity contribution in [2.24, 2.45) is 0 Å². The average Bonchev–Trinajstić information content (AvgIpc) is 2.96. The van der Waals surface area contributed by atoms with Gasteiger partial charge < -0.3 is 10.2 Å². The highest BCUT2D eigenvalue weighted by molar-refractivity contribution is 6.33. The summed E-state index contributed by atoms with van der Waals surface area (Å²) in [6.45, 7) is 6.51. The number of pyridine rings is 1. The first-order chi connectivity index (χ1) is 10.2. The van der Waals surface area contributed by atoms with Gasteiger partial charge in [0.05, 0.1) is 10.6 Å². The third kappa shape index (κ3) is 2.99. The molecule has 0 radical (unpaired) electrons. The van der Waals surface area contributed by atoms with Crippen LogP contribution in [0.3, 0.4) is 0 Å². The number of nitrogens with zero attached hydrogens (tertiary/aromatic N) is 3. The number of fused-ring (bicyclic) bond motifs is 1. The molecule has 3 rings (SSSR count). The Morgan fingerprint density at radius 2 is 2.33 bits per heavy atom. The normalized spacial score (nSPS) is 22.2. The number of nitrogens with one attached hydrogen (secondary N) is 1. The van der Waals surface area contributed by atoms with E-state index in [1.165, 1.54) is 19.4 Å². The smallest absolute Gasteiger partial charge is 0.255 e. The summed E-state index contributed by atoms with van der Waals surface area (Å²) < 4.78 is 0. The van der Waals surface area contributed by atoms with Crippen molar-refractivity contribution in [1.29, 1.82) is 0 Å². The molecule has 1 unspecified atom stereocenters. The molecule has 0 spiro atoms. The standard InChI is InChI=1S/C15H21ClN4O/c1-2-17-14-8-12(13(16)9-18-14)15(21)20-7-6-19-5-3-4-11(19)10-20/h8-9,11H,2-7,10H2,1H3,(H,17,18). The molecule has 114 valence electrons. The summed E-state index contributed by atoms with van der Waals surface area (Å²) >= 11 is 6.17. The topological polar surface area (TPSA) is 48.5 Å². The molecule has 6 heteroatoms. The maximum absolute atomic E-state index is 12.7. The second-order valence-corrected chi connectivity index (χ2v) is 6.07. The van der Waals surface area contributed by atoms with Crippen molar-refractivity contribution in [1.82, 2.24) is 14.8 Å². The zero-order valence-electron chi connectivity index (χ0n) is 12.3. The monoisotopic (exact) mass is 308 g/mol. The van der Waals surface area contributed by atoms with Crippen LogP contribution >= 0.6 is 11.6 Å². The molecule has 2 saturated heterocycles. The number of rotatable bonds is 3. The van der Waals surface area contributed by atoms with E-state index >= 15 is 0 Å². The molecular weight excluding hydrogens is 288 g/mol. The highest BCUT2D eigenvalue weighted by Crippen LogP contribution is 2.25. The Balaban J connectivity index is 1.76. The van der Waals surface area contributed by atoms with Crippen molar-refractivity contribution in [2.75, 3.05) is 38.0 Å². The third-order valence-electron chi connectivity index (χ3n) is 4.32. The molecule has 1 N–H and O–H groups in total. The first kappa shape index (κ1) is 14.6. The fraction of sp³-hybridized carbons (Fsp3) is 0.600. The van der Waals surface area contributed by atoms with Gasteiger partial charge in [-0.15, -0.1) is 0 Å². The maximum Gasteiger partial charge on any atom is 0.255 e. The summed E-state index contributed by atoms with van der Waals surface area (Å²) in [7, 11) is 0. The number of piperazine rings is 1. The minimum absolute atomic E-state index is 0.0214.